The van der Waals surface area contributed by atoms with Gasteiger partial charge in [0, 0.05) is 35.3 Å². The van der Waals surface area contributed by atoms with E-state index in [0.29, 0.717) is 35.1 Å². The van der Waals surface area contributed by atoms with E-state index in [1.54, 1.807) is 31.5 Å². The third-order valence-corrected chi connectivity index (χ3v) is 4.36. The van der Waals surface area contributed by atoms with Crippen LogP contribution < -0.4 is 10.1 Å². The Kier molecular flexibility index (Phi) is 5.33. The standard InChI is InChI=1S/C23H19N3O3/c1-16-21(22(26-29-16)18-8-3-2-4-9-18)23(27)25-19-10-5-11-20(13-19)28-15-17-7-6-12-24-14-17/h2-14H,15H2,1H3,(H,25,27). The summed E-state index contributed by atoms with van der Waals surface area (Å²) in [7, 11) is 0. The Labute approximate surface area is 168 Å². The van der Waals surface area contributed by atoms with E-state index in [1.165, 1.54) is 0 Å². The molecule has 2 heterocycles. The molecule has 4 rings (SSSR count). The Bertz CT molecular complexity index is 1110. The number of hydrogen-bond donors (Lipinski definition) is 1. The molecule has 2 aromatic carbocycles. The van der Waals surface area contributed by atoms with Crippen LogP contribution in [0.2, 0.25) is 0 Å². The van der Waals surface area contributed by atoms with E-state index in [4.69, 9.17) is 9.26 Å². The van der Waals surface area contributed by atoms with Gasteiger partial charge in [0.1, 0.15) is 29.4 Å². The van der Waals surface area contributed by atoms with Crippen LogP contribution in [0.25, 0.3) is 11.3 Å². The zero-order chi connectivity index (χ0) is 20.1. The molecule has 29 heavy (non-hydrogen) atoms. The molecule has 0 bridgehead atoms. The second-order valence-electron chi connectivity index (χ2n) is 6.46. The first-order valence-electron chi connectivity index (χ1n) is 9.15. The summed E-state index contributed by atoms with van der Waals surface area (Å²) < 4.78 is 11.1. The van der Waals surface area contributed by atoms with Crippen molar-refractivity contribution in [2.24, 2.45) is 0 Å². The number of aryl methyl sites for hydroxylation is 1. The van der Waals surface area contributed by atoms with Crippen molar-refractivity contribution < 1.29 is 14.1 Å². The van der Waals surface area contributed by atoms with E-state index >= 15 is 0 Å². The Morgan fingerprint density at radius 3 is 2.72 bits per heavy atom. The summed E-state index contributed by atoms with van der Waals surface area (Å²) in [4.78, 5) is 17.0. The highest BCUT2D eigenvalue weighted by atomic mass is 16.5. The number of benzene rings is 2. The SMILES string of the molecule is Cc1onc(-c2ccccc2)c1C(=O)Nc1cccc(OCc2cccnc2)c1. The maximum atomic E-state index is 12.9. The lowest BCUT2D eigenvalue weighted by atomic mass is 10.1. The third kappa shape index (κ3) is 4.32. The van der Waals surface area contributed by atoms with Crippen molar-refractivity contribution in [1.29, 1.82) is 0 Å². The average Bonchev–Trinajstić information content (AvgIpc) is 3.15. The molecule has 0 radical (unpaired) electrons. The highest BCUT2D eigenvalue weighted by molar-refractivity contribution is 6.08. The van der Waals surface area contributed by atoms with Gasteiger partial charge in [-0.25, -0.2) is 0 Å². The van der Waals surface area contributed by atoms with E-state index < -0.39 is 0 Å². The van der Waals surface area contributed by atoms with Crippen molar-refractivity contribution >= 4 is 11.6 Å². The van der Waals surface area contributed by atoms with Crippen LogP contribution in [-0.4, -0.2) is 16.0 Å². The van der Waals surface area contributed by atoms with E-state index in [9.17, 15) is 4.79 Å². The fourth-order valence-electron chi connectivity index (χ4n) is 2.94. The van der Waals surface area contributed by atoms with Gasteiger partial charge in [-0.15, -0.1) is 0 Å². The van der Waals surface area contributed by atoms with Gasteiger partial charge >= 0.3 is 0 Å². The van der Waals surface area contributed by atoms with Crippen molar-refractivity contribution in [2.75, 3.05) is 5.32 Å². The van der Waals surface area contributed by atoms with Gasteiger partial charge in [0.2, 0.25) is 0 Å². The number of anilines is 1. The molecule has 2 aromatic heterocycles. The number of carbonyl (C=O) groups is 1. The van der Waals surface area contributed by atoms with Crippen molar-refractivity contribution in [2.45, 2.75) is 13.5 Å². The van der Waals surface area contributed by atoms with Crippen molar-refractivity contribution in [3.8, 4) is 17.0 Å². The fourth-order valence-corrected chi connectivity index (χ4v) is 2.94. The molecule has 144 valence electrons. The zero-order valence-corrected chi connectivity index (χ0v) is 15.8. The first-order chi connectivity index (χ1) is 14.2. The molecule has 0 fully saturated rings. The summed E-state index contributed by atoms with van der Waals surface area (Å²) in [5, 5.41) is 6.97. The normalized spacial score (nSPS) is 10.5. The molecule has 0 aliphatic rings. The average molecular weight is 385 g/mol. The lowest BCUT2D eigenvalue weighted by Crippen LogP contribution is -2.13. The second kappa shape index (κ2) is 8.39. The quantitative estimate of drug-likeness (QED) is 0.512. The van der Waals surface area contributed by atoms with E-state index in [2.05, 4.69) is 15.5 Å². The molecule has 0 aliphatic carbocycles. The molecule has 4 aromatic rings. The minimum Gasteiger partial charge on any atom is -0.489 e. The van der Waals surface area contributed by atoms with Crippen LogP contribution in [-0.2, 0) is 6.61 Å². The number of amides is 1. The Morgan fingerprint density at radius 2 is 1.93 bits per heavy atom. The molecule has 1 N–H and O–H groups in total. The molecule has 0 spiro atoms. The van der Waals surface area contributed by atoms with Gasteiger partial charge in [-0.1, -0.05) is 47.6 Å². The molecule has 0 saturated heterocycles. The van der Waals surface area contributed by atoms with Gasteiger partial charge < -0.3 is 14.6 Å². The second-order valence-corrected chi connectivity index (χ2v) is 6.46. The number of hydrogen-bond acceptors (Lipinski definition) is 5. The monoisotopic (exact) mass is 385 g/mol. The van der Waals surface area contributed by atoms with Crippen LogP contribution in [0.4, 0.5) is 5.69 Å². The number of ether oxygens (including phenoxy) is 1. The lowest BCUT2D eigenvalue weighted by Gasteiger charge is -2.09. The van der Waals surface area contributed by atoms with Gasteiger partial charge in [0.25, 0.3) is 5.91 Å². The smallest absolute Gasteiger partial charge is 0.261 e. The summed E-state index contributed by atoms with van der Waals surface area (Å²) in [6.45, 7) is 2.12. The summed E-state index contributed by atoms with van der Waals surface area (Å²) in [6.07, 6.45) is 3.47. The number of pyridine rings is 1. The predicted molar refractivity (Wildman–Crippen MR) is 110 cm³/mol. The van der Waals surface area contributed by atoms with Gasteiger partial charge in [0.05, 0.1) is 0 Å². The Balaban J connectivity index is 1.50. The summed E-state index contributed by atoms with van der Waals surface area (Å²) in [5.41, 5.74) is 3.35. The molecule has 6 nitrogen and oxygen atoms in total. The Hall–Kier alpha value is -3.93. The third-order valence-electron chi connectivity index (χ3n) is 4.36. The molecular formula is C23H19N3O3. The predicted octanol–water partition coefficient (Wildman–Crippen LogP) is 4.88. The molecule has 0 saturated carbocycles. The lowest BCUT2D eigenvalue weighted by molar-refractivity contribution is 0.102. The van der Waals surface area contributed by atoms with Gasteiger partial charge in [-0.3, -0.25) is 9.78 Å². The van der Waals surface area contributed by atoms with Gasteiger partial charge in [-0.2, -0.15) is 0 Å². The topological polar surface area (TPSA) is 77.2 Å². The van der Waals surface area contributed by atoms with E-state index in [0.717, 1.165) is 11.1 Å². The number of aromatic nitrogens is 2. The van der Waals surface area contributed by atoms with Crippen LogP contribution in [0.3, 0.4) is 0 Å². The van der Waals surface area contributed by atoms with Crippen LogP contribution in [0.15, 0.2) is 83.6 Å². The zero-order valence-electron chi connectivity index (χ0n) is 15.8. The maximum absolute atomic E-state index is 12.9. The largest absolute Gasteiger partial charge is 0.489 e. The number of carbonyl (C=O) groups excluding carboxylic acids is 1. The molecule has 0 unspecified atom stereocenters. The molecule has 0 atom stereocenters. The molecule has 6 heteroatoms. The van der Waals surface area contributed by atoms with E-state index in [-0.39, 0.29) is 5.91 Å². The van der Waals surface area contributed by atoms with Crippen molar-refractivity contribution in [1.82, 2.24) is 10.1 Å². The van der Waals surface area contributed by atoms with Crippen molar-refractivity contribution in [3.63, 3.8) is 0 Å². The first-order valence-corrected chi connectivity index (χ1v) is 9.15. The molecule has 1 amide bonds. The Morgan fingerprint density at radius 1 is 1.07 bits per heavy atom. The first kappa shape index (κ1) is 18.4. The highest BCUT2D eigenvalue weighted by Gasteiger charge is 2.21. The number of rotatable bonds is 6. The number of nitrogens with one attached hydrogen (secondary N) is 1. The minimum atomic E-state index is -0.285. The summed E-state index contributed by atoms with van der Waals surface area (Å²) in [5.74, 6) is 0.828. The fraction of sp³-hybridized carbons (Fsp3) is 0.0870. The molecule has 0 aliphatic heterocycles. The van der Waals surface area contributed by atoms with Crippen LogP contribution in [0.5, 0.6) is 5.75 Å². The summed E-state index contributed by atoms with van der Waals surface area (Å²) >= 11 is 0. The van der Waals surface area contributed by atoms with Crippen LogP contribution >= 0.6 is 0 Å². The highest BCUT2D eigenvalue weighted by Crippen LogP contribution is 2.26. The van der Waals surface area contributed by atoms with Crippen molar-refractivity contribution in [3.05, 3.63) is 96.0 Å². The van der Waals surface area contributed by atoms with Crippen LogP contribution in [0.1, 0.15) is 21.7 Å². The molecular weight excluding hydrogens is 366 g/mol. The van der Waals surface area contributed by atoms with Crippen LogP contribution in [0, 0.1) is 6.92 Å². The summed E-state index contributed by atoms with van der Waals surface area (Å²) in [6, 6.07) is 20.5. The van der Waals surface area contributed by atoms with Gasteiger partial charge in [-0.05, 0) is 25.1 Å². The van der Waals surface area contributed by atoms with Gasteiger partial charge in [0.15, 0.2) is 0 Å². The minimum absolute atomic E-state index is 0.285. The van der Waals surface area contributed by atoms with E-state index in [1.807, 2.05) is 54.6 Å². The maximum Gasteiger partial charge on any atom is 0.261 e. The number of nitrogens with zero attached hydrogens (tertiary/aromatic N) is 2.